The van der Waals surface area contributed by atoms with Crippen molar-refractivity contribution >= 4 is 22.7 Å². The number of carbonyl (C=O) groups is 2. The number of nitrogens with zero attached hydrogens (tertiary/aromatic N) is 1. The van der Waals surface area contributed by atoms with Gasteiger partial charge in [-0.2, -0.15) is 0 Å². The zero-order valence-electron chi connectivity index (χ0n) is 16.4. The van der Waals surface area contributed by atoms with Crippen molar-refractivity contribution in [3.63, 3.8) is 0 Å². The van der Waals surface area contributed by atoms with Crippen LogP contribution in [0.3, 0.4) is 0 Å². The Morgan fingerprint density at radius 3 is 2.73 bits per heavy atom. The molecule has 0 bridgehead atoms. The maximum atomic E-state index is 14.0. The quantitative estimate of drug-likeness (QED) is 0.485. The summed E-state index contributed by atoms with van der Waals surface area (Å²) in [7, 11) is 1.36. The van der Waals surface area contributed by atoms with E-state index in [9.17, 15) is 18.8 Å². The number of carbonyl (C=O) groups excluding carboxylic acids is 2. The lowest BCUT2D eigenvalue weighted by Gasteiger charge is -2.32. The van der Waals surface area contributed by atoms with Crippen LogP contribution < -0.4 is 10.4 Å². The third-order valence-corrected chi connectivity index (χ3v) is 5.39. The first-order valence-electron chi connectivity index (χ1n) is 9.68. The molecule has 1 saturated heterocycles. The summed E-state index contributed by atoms with van der Waals surface area (Å²) in [5, 5.41) is 0.652. The molecule has 3 aromatic rings. The van der Waals surface area contributed by atoms with Gasteiger partial charge in [0.05, 0.1) is 7.11 Å². The van der Waals surface area contributed by atoms with Crippen molar-refractivity contribution in [1.29, 1.82) is 0 Å². The summed E-state index contributed by atoms with van der Waals surface area (Å²) in [6, 6.07) is 12.6. The van der Waals surface area contributed by atoms with Gasteiger partial charge in [0.15, 0.2) is 17.3 Å². The van der Waals surface area contributed by atoms with E-state index in [-0.39, 0.29) is 29.2 Å². The monoisotopic (exact) mass is 409 g/mol. The van der Waals surface area contributed by atoms with E-state index < -0.39 is 23.3 Å². The molecule has 1 fully saturated rings. The molecule has 7 heteroatoms. The molecule has 0 spiro atoms. The van der Waals surface area contributed by atoms with Crippen LogP contribution in [-0.4, -0.2) is 36.8 Å². The second-order valence-electron chi connectivity index (χ2n) is 7.29. The number of piperidine rings is 1. The molecule has 6 nitrogen and oxygen atoms in total. The molecule has 4 rings (SSSR count). The van der Waals surface area contributed by atoms with Gasteiger partial charge in [-0.25, -0.2) is 9.18 Å². The highest BCUT2D eigenvalue weighted by Gasteiger charge is 2.31. The zero-order chi connectivity index (χ0) is 21.3. The molecule has 1 unspecified atom stereocenters. The molecule has 0 aliphatic carbocycles. The number of ketones is 1. The maximum absolute atomic E-state index is 14.0. The van der Waals surface area contributed by atoms with Crippen molar-refractivity contribution in [2.45, 2.75) is 12.8 Å². The molecule has 1 aliphatic rings. The summed E-state index contributed by atoms with van der Waals surface area (Å²) in [4.78, 5) is 39.7. The van der Waals surface area contributed by atoms with Gasteiger partial charge in [-0.1, -0.05) is 18.2 Å². The molecule has 1 amide bonds. The number of halogens is 1. The predicted octanol–water partition coefficient (Wildman–Crippen LogP) is 3.68. The Morgan fingerprint density at radius 2 is 1.97 bits per heavy atom. The molecule has 0 N–H and O–H groups in total. The van der Waals surface area contributed by atoms with Crippen molar-refractivity contribution in [2.75, 3.05) is 20.2 Å². The topological polar surface area (TPSA) is 76.8 Å². The second kappa shape index (κ2) is 8.10. The number of hydrogen-bond acceptors (Lipinski definition) is 5. The van der Waals surface area contributed by atoms with Gasteiger partial charge in [0.2, 0.25) is 0 Å². The van der Waals surface area contributed by atoms with E-state index in [1.54, 1.807) is 24.3 Å². The zero-order valence-corrected chi connectivity index (χ0v) is 16.4. The summed E-state index contributed by atoms with van der Waals surface area (Å²) in [5.74, 6) is -1.72. The normalized spacial score (nSPS) is 16.5. The number of methoxy groups -OCH3 is 1. The smallest absolute Gasteiger partial charge is 0.349 e. The number of benzene rings is 2. The lowest BCUT2D eigenvalue weighted by atomic mass is 9.89. The highest BCUT2D eigenvalue weighted by atomic mass is 19.1. The number of para-hydroxylation sites is 1. The number of amides is 1. The van der Waals surface area contributed by atoms with Crippen LogP contribution in [0.1, 0.15) is 33.6 Å². The van der Waals surface area contributed by atoms with Crippen molar-refractivity contribution in [3.8, 4) is 5.75 Å². The minimum absolute atomic E-state index is 0.0581. The summed E-state index contributed by atoms with van der Waals surface area (Å²) in [5.41, 5.74) is -0.119. The van der Waals surface area contributed by atoms with Gasteiger partial charge < -0.3 is 14.1 Å². The first-order chi connectivity index (χ1) is 14.5. The van der Waals surface area contributed by atoms with E-state index in [2.05, 4.69) is 0 Å². The lowest BCUT2D eigenvalue weighted by Crippen LogP contribution is -2.43. The lowest BCUT2D eigenvalue weighted by molar-refractivity contribution is 0.0633. The SMILES string of the molecule is COc1ccc(C(=O)C2CCCN(C(=O)c3cc4ccccc4oc3=O)C2)cc1F. The van der Waals surface area contributed by atoms with Crippen LogP contribution in [0.15, 0.2) is 57.7 Å². The molecule has 2 aromatic carbocycles. The van der Waals surface area contributed by atoms with Crippen LogP contribution >= 0.6 is 0 Å². The Hall–Kier alpha value is -3.48. The molecular weight excluding hydrogens is 389 g/mol. The maximum Gasteiger partial charge on any atom is 0.349 e. The Bertz CT molecular complexity index is 1190. The first-order valence-corrected chi connectivity index (χ1v) is 9.68. The van der Waals surface area contributed by atoms with Gasteiger partial charge in [0.25, 0.3) is 5.91 Å². The number of fused-ring (bicyclic) bond motifs is 1. The Labute approximate surface area is 171 Å². The van der Waals surface area contributed by atoms with Crippen LogP contribution in [0.2, 0.25) is 0 Å². The number of ether oxygens (including phenoxy) is 1. The van der Waals surface area contributed by atoms with Crippen molar-refractivity contribution in [2.24, 2.45) is 5.92 Å². The molecule has 1 atom stereocenters. The minimum atomic E-state index is -0.704. The third kappa shape index (κ3) is 3.70. The second-order valence-corrected chi connectivity index (χ2v) is 7.29. The van der Waals surface area contributed by atoms with Gasteiger partial charge in [-0.05, 0) is 43.2 Å². The van der Waals surface area contributed by atoms with Crippen LogP contribution in [0.4, 0.5) is 4.39 Å². The Morgan fingerprint density at radius 1 is 1.17 bits per heavy atom. The summed E-state index contributed by atoms with van der Waals surface area (Å²) in [6.07, 6.45) is 1.20. The summed E-state index contributed by atoms with van der Waals surface area (Å²) >= 11 is 0. The Balaban J connectivity index is 1.56. The van der Waals surface area contributed by atoms with Gasteiger partial charge >= 0.3 is 5.63 Å². The number of rotatable bonds is 4. The van der Waals surface area contributed by atoms with Crippen LogP contribution in [0.5, 0.6) is 5.75 Å². The average molecular weight is 409 g/mol. The van der Waals surface area contributed by atoms with Gasteiger partial charge in [-0.15, -0.1) is 0 Å². The number of hydrogen-bond donors (Lipinski definition) is 0. The number of likely N-dealkylation sites (tertiary alicyclic amines) is 1. The fraction of sp³-hybridized carbons (Fsp3) is 0.261. The van der Waals surface area contributed by atoms with Gasteiger partial charge in [-0.3, -0.25) is 9.59 Å². The van der Waals surface area contributed by atoms with Gasteiger partial charge in [0, 0.05) is 30.0 Å². The van der Waals surface area contributed by atoms with E-state index >= 15 is 0 Å². The third-order valence-electron chi connectivity index (χ3n) is 5.39. The van der Waals surface area contributed by atoms with Gasteiger partial charge in [0.1, 0.15) is 11.1 Å². The summed E-state index contributed by atoms with van der Waals surface area (Å²) < 4.78 is 24.1. The van der Waals surface area contributed by atoms with E-state index in [0.29, 0.717) is 30.4 Å². The highest BCUT2D eigenvalue weighted by Crippen LogP contribution is 2.25. The molecule has 0 radical (unpaired) electrons. The fourth-order valence-electron chi connectivity index (χ4n) is 3.81. The molecular formula is C23H20FNO5. The van der Waals surface area contributed by atoms with Crippen LogP contribution in [-0.2, 0) is 0 Å². The fourth-order valence-corrected chi connectivity index (χ4v) is 3.81. The highest BCUT2D eigenvalue weighted by molar-refractivity contribution is 6.00. The molecule has 154 valence electrons. The van der Waals surface area contributed by atoms with Crippen LogP contribution in [0.25, 0.3) is 11.0 Å². The average Bonchev–Trinajstić information content (AvgIpc) is 2.77. The van der Waals surface area contributed by atoms with Crippen LogP contribution in [0, 0.1) is 11.7 Å². The Kier molecular flexibility index (Phi) is 5.35. The minimum Gasteiger partial charge on any atom is -0.494 e. The van der Waals surface area contributed by atoms with E-state index in [1.165, 1.54) is 30.2 Å². The number of Topliss-reactive ketones (excluding diaryl/α,β-unsaturated/α-hetero) is 1. The molecule has 1 aliphatic heterocycles. The van der Waals surface area contributed by atoms with Crippen molar-refractivity contribution in [3.05, 3.63) is 75.9 Å². The molecule has 30 heavy (non-hydrogen) atoms. The van der Waals surface area contributed by atoms with Crippen molar-refractivity contribution < 1.29 is 23.1 Å². The van der Waals surface area contributed by atoms with Crippen molar-refractivity contribution in [1.82, 2.24) is 4.90 Å². The first kappa shape index (κ1) is 19.8. The summed E-state index contributed by atoms with van der Waals surface area (Å²) in [6.45, 7) is 0.601. The standard InChI is InChI=1S/C23H20FNO5/c1-29-20-9-8-15(12-18(20)24)21(26)16-6-4-10-25(13-16)22(27)17-11-14-5-2-3-7-19(14)30-23(17)28/h2-3,5,7-9,11-12,16H,4,6,10,13H2,1H3. The van der Waals surface area contributed by atoms with E-state index in [0.717, 1.165) is 6.07 Å². The largest absolute Gasteiger partial charge is 0.494 e. The molecule has 0 saturated carbocycles. The van der Waals surface area contributed by atoms with E-state index in [4.69, 9.17) is 9.15 Å². The molecule has 2 heterocycles. The molecule has 1 aromatic heterocycles. The van der Waals surface area contributed by atoms with E-state index in [1.807, 2.05) is 0 Å². The predicted molar refractivity (Wildman–Crippen MR) is 108 cm³/mol.